The van der Waals surface area contributed by atoms with Gasteiger partial charge in [0.2, 0.25) is 27.7 Å². The van der Waals surface area contributed by atoms with Gasteiger partial charge in [-0.1, -0.05) is 43.2 Å². The van der Waals surface area contributed by atoms with Gasteiger partial charge in [0.25, 0.3) is 0 Å². The lowest BCUT2D eigenvalue weighted by molar-refractivity contribution is -0.156. The summed E-state index contributed by atoms with van der Waals surface area (Å²) in [6.45, 7) is 5.08. The van der Waals surface area contributed by atoms with Crippen molar-refractivity contribution in [3.63, 3.8) is 0 Å². The van der Waals surface area contributed by atoms with E-state index in [0.29, 0.717) is 49.6 Å². The van der Waals surface area contributed by atoms with Crippen LogP contribution in [0.15, 0.2) is 49.1 Å². The number of hydrogen-bond donors (Lipinski definition) is 1. The number of pyridine rings is 1. The standard InChI is InChI=1S/C47H62N4O9S/c1-4-32-27-47(32,46(55)49-61(56,57)34-21-22-34)28-40(52)39-25-33-29-51(39)45(54)37(30-13-8-9-14-30)26-42(53)60-41-20-12-16-31(41)15-6-5-7-18-36-43(58-24-23-50(2)3)35-17-10-11-19-38(35)48-44(36)59-33/h4-5,7,10-11,17,19,30-34,37,39,41H,1,6,8-9,12-16,18,20-29H2,2-3H3,(H,49,55)/b7-5+/t31-,32?,33-,37+,39+,41-,47-/m1/s1. The summed E-state index contributed by atoms with van der Waals surface area (Å²) in [6.07, 6.45) is 14.5. The molecule has 0 spiro atoms. The number of para-hydroxylation sites is 1. The normalized spacial score (nSPS) is 30.4. The minimum atomic E-state index is -3.86. The highest BCUT2D eigenvalue weighted by Gasteiger charge is 2.61. The Morgan fingerprint density at radius 1 is 1.02 bits per heavy atom. The number of nitrogens with zero attached hydrogens (tertiary/aromatic N) is 3. The Labute approximate surface area is 360 Å². The van der Waals surface area contributed by atoms with Crippen LogP contribution in [-0.4, -0.2) is 104 Å². The molecule has 61 heavy (non-hydrogen) atoms. The first-order chi connectivity index (χ1) is 29.4. The summed E-state index contributed by atoms with van der Waals surface area (Å²) in [7, 11) is 0.126. The van der Waals surface area contributed by atoms with Gasteiger partial charge in [-0.15, -0.1) is 6.58 Å². The fourth-order valence-corrected chi connectivity index (χ4v) is 11.8. The second-order valence-corrected chi connectivity index (χ2v) is 20.7. The van der Waals surface area contributed by atoms with Gasteiger partial charge in [0.1, 0.15) is 24.6 Å². The molecule has 1 aromatic heterocycles. The van der Waals surface area contributed by atoms with E-state index in [2.05, 4.69) is 28.4 Å². The molecule has 4 aliphatic carbocycles. The molecule has 13 nitrogen and oxygen atoms in total. The van der Waals surface area contributed by atoms with Gasteiger partial charge in [0.05, 0.1) is 46.7 Å². The van der Waals surface area contributed by atoms with E-state index in [9.17, 15) is 22.8 Å². The number of sulfonamides is 1. The van der Waals surface area contributed by atoms with Gasteiger partial charge in [0, 0.05) is 24.8 Å². The zero-order chi connectivity index (χ0) is 42.9. The smallest absolute Gasteiger partial charge is 0.306 e. The van der Waals surface area contributed by atoms with Gasteiger partial charge in [0.15, 0.2) is 5.78 Å². The third-order valence-electron chi connectivity index (χ3n) is 14.2. The third kappa shape index (κ3) is 9.55. The van der Waals surface area contributed by atoms with E-state index in [1.807, 2.05) is 38.4 Å². The summed E-state index contributed by atoms with van der Waals surface area (Å²) in [6, 6.07) is 6.81. The number of carbonyl (C=O) groups excluding carboxylic acids is 4. The van der Waals surface area contributed by atoms with E-state index in [4.69, 9.17) is 19.2 Å². The lowest BCUT2D eigenvalue weighted by Gasteiger charge is -2.31. The maximum absolute atomic E-state index is 15.1. The lowest BCUT2D eigenvalue weighted by atomic mass is 9.86. The molecule has 1 N–H and O–H groups in total. The zero-order valence-corrected chi connectivity index (χ0v) is 36.5. The average Bonchev–Trinajstić information content (AvgIpc) is 4.02. The van der Waals surface area contributed by atoms with Crippen LogP contribution in [0, 0.1) is 29.1 Å². The van der Waals surface area contributed by atoms with E-state index < -0.39 is 50.6 Å². The van der Waals surface area contributed by atoms with Crippen LogP contribution in [0.1, 0.15) is 102 Å². The largest absolute Gasteiger partial charge is 0.491 e. The Kier molecular flexibility index (Phi) is 12.9. The van der Waals surface area contributed by atoms with Crippen LogP contribution in [-0.2, 0) is 40.4 Å². The van der Waals surface area contributed by atoms with Crippen molar-refractivity contribution in [1.82, 2.24) is 19.5 Å². The first kappa shape index (κ1) is 43.4. The van der Waals surface area contributed by atoms with E-state index in [-0.39, 0.29) is 67.8 Å². The van der Waals surface area contributed by atoms with Gasteiger partial charge in [-0.05, 0) is 115 Å². The number of hydrogen-bond acceptors (Lipinski definition) is 11. The number of amides is 2. The number of likely N-dealkylation sites (N-methyl/N-ethyl adjacent to an activating group) is 1. The molecule has 14 heteroatoms. The van der Waals surface area contributed by atoms with Gasteiger partial charge in [-0.3, -0.25) is 23.9 Å². The van der Waals surface area contributed by atoms with Gasteiger partial charge < -0.3 is 24.0 Å². The van der Waals surface area contributed by atoms with Gasteiger partial charge in [-0.25, -0.2) is 13.4 Å². The molecule has 4 saturated carbocycles. The molecule has 7 atom stereocenters. The monoisotopic (exact) mass is 858 g/mol. The molecular formula is C47H62N4O9S. The first-order valence-corrected chi connectivity index (χ1v) is 24.1. The first-order valence-electron chi connectivity index (χ1n) is 22.6. The second-order valence-electron chi connectivity index (χ2n) is 18.7. The molecule has 2 aliphatic heterocycles. The van der Waals surface area contributed by atoms with Crippen molar-refractivity contribution in [1.29, 1.82) is 0 Å². The Morgan fingerprint density at radius 3 is 2.52 bits per heavy atom. The third-order valence-corrected chi connectivity index (χ3v) is 16.0. The highest BCUT2D eigenvalue weighted by molar-refractivity contribution is 7.90. The number of ketones is 1. The zero-order valence-electron chi connectivity index (χ0n) is 35.7. The average molecular weight is 859 g/mol. The predicted octanol–water partition coefficient (Wildman–Crippen LogP) is 6.08. The molecule has 2 amide bonds. The van der Waals surface area contributed by atoms with Crippen molar-refractivity contribution in [2.24, 2.45) is 29.1 Å². The molecule has 330 valence electrons. The number of nitrogens with one attached hydrogen (secondary N) is 1. The molecule has 2 bridgehead atoms. The Bertz CT molecular complexity index is 2150. The number of ether oxygens (including phenoxy) is 3. The molecule has 1 saturated heterocycles. The number of allylic oxidation sites excluding steroid dienone is 3. The highest BCUT2D eigenvalue weighted by atomic mass is 32.2. The number of carbonyl (C=O) groups is 4. The van der Waals surface area contributed by atoms with Crippen LogP contribution < -0.4 is 14.2 Å². The summed E-state index contributed by atoms with van der Waals surface area (Å²) in [5.74, 6) is -1.54. The lowest BCUT2D eigenvalue weighted by Crippen LogP contribution is -2.47. The van der Waals surface area contributed by atoms with Crippen molar-refractivity contribution in [3.8, 4) is 11.6 Å². The Hall–Kier alpha value is -4.30. The summed E-state index contributed by atoms with van der Waals surface area (Å²) >= 11 is 0. The van der Waals surface area contributed by atoms with Gasteiger partial charge in [-0.2, -0.15) is 0 Å². The summed E-state index contributed by atoms with van der Waals surface area (Å²) < 4.78 is 47.7. The minimum Gasteiger partial charge on any atom is -0.491 e. The van der Waals surface area contributed by atoms with Crippen molar-refractivity contribution < 1.29 is 41.8 Å². The highest BCUT2D eigenvalue weighted by Crippen LogP contribution is 2.57. The van der Waals surface area contributed by atoms with Crippen LogP contribution in [0.2, 0.25) is 0 Å². The minimum absolute atomic E-state index is 0.0418. The fourth-order valence-electron chi connectivity index (χ4n) is 10.4. The van der Waals surface area contributed by atoms with Crippen LogP contribution in [0.4, 0.5) is 0 Å². The number of fused-ring (bicyclic) bond motifs is 5. The fraction of sp³-hybridized carbons (Fsp3) is 0.638. The molecule has 1 unspecified atom stereocenters. The quantitative estimate of drug-likeness (QED) is 0.195. The van der Waals surface area contributed by atoms with Crippen LogP contribution in [0.3, 0.4) is 0 Å². The number of rotatable bonds is 12. The molecule has 2 aromatic rings. The molecule has 0 radical (unpaired) electrons. The maximum atomic E-state index is 15.1. The van der Waals surface area contributed by atoms with E-state index in [1.165, 1.54) is 0 Å². The molecule has 5 fully saturated rings. The van der Waals surface area contributed by atoms with Crippen molar-refractivity contribution in [3.05, 3.63) is 54.6 Å². The molecule has 8 rings (SSSR count). The maximum Gasteiger partial charge on any atom is 0.306 e. The van der Waals surface area contributed by atoms with E-state index >= 15 is 4.79 Å². The summed E-state index contributed by atoms with van der Waals surface area (Å²) in [4.78, 5) is 66.2. The van der Waals surface area contributed by atoms with Crippen LogP contribution in [0.5, 0.6) is 11.6 Å². The van der Waals surface area contributed by atoms with Crippen molar-refractivity contribution >= 4 is 44.5 Å². The summed E-state index contributed by atoms with van der Waals surface area (Å²) in [5, 5.41) is 0.255. The number of benzene rings is 1. The van der Waals surface area contributed by atoms with Crippen LogP contribution >= 0.6 is 0 Å². The summed E-state index contributed by atoms with van der Waals surface area (Å²) in [5.41, 5.74) is 0.181. The topological polar surface area (TPSA) is 162 Å². The Balaban J connectivity index is 1.16. The second kappa shape index (κ2) is 18.2. The SMILES string of the molecule is C=CC1C[C@]1(CC(=O)[C@@H]1C[C@@H]2CN1C(=O)[C@H](C1CCCC1)CC(=O)O[C@@H]1CCC[C@H]1CC/C=C/Cc1c(nc3ccccc3c1OCCN(C)C)O2)C(=O)NS(=O)(=O)C1CC1. The number of Topliss-reactive ketones (excluding diaryl/α,β-unsaturated/α-hetero) is 1. The van der Waals surface area contributed by atoms with Gasteiger partial charge >= 0.3 is 5.97 Å². The predicted molar refractivity (Wildman–Crippen MR) is 230 cm³/mol. The van der Waals surface area contributed by atoms with Crippen LogP contribution in [0.25, 0.3) is 10.9 Å². The molecule has 6 aliphatic rings. The van der Waals surface area contributed by atoms with Crippen molar-refractivity contribution in [2.75, 3.05) is 33.8 Å². The molecular weight excluding hydrogens is 797 g/mol. The van der Waals surface area contributed by atoms with E-state index in [0.717, 1.165) is 68.7 Å². The molecule has 1 aromatic carbocycles. The van der Waals surface area contributed by atoms with E-state index in [1.54, 1.807) is 11.0 Å². The molecule has 3 heterocycles. The Morgan fingerprint density at radius 2 is 1.79 bits per heavy atom. The number of aromatic nitrogens is 1. The van der Waals surface area contributed by atoms with Crippen molar-refractivity contribution in [2.45, 2.75) is 126 Å². The number of esters is 1.